The normalized spacial score (nSPS) is 10.7. The number of halogens is 2. The Kier molecular flexibility index (Phi) is 1.73. The summed E-state index contributed by atoms with van der Waals surface area (Å²) in [5, 5.41) is 1.10. The fraction of sp³-hybridized carbons (Fsp3) is 0. The van der Waals surface area contributed by atoms with Crippen LogP contribution in [0.1, 0.15) is 0 Å². The molecule has 2 aromatic heterocycles. The lowest BCUT2D eigenvalue weighted by Gasteiger charge is -1.95. The Morgan fingerprint density at radius 2 is 2.18 bits per heavy atom. The predicted molar refractivity (Wildman–Crippen MR) is 51.5 cm³/mol. The number of nitrogens with one attached hydrogen (secondary N) is 1. The highest BCUT2D eigenvalue weighted by Crippen LogP contribution is 2.28. The van der Waals surface area contributed by atoms with E-state index in [9.17, 15) is 0 Å². The zero-order valence-electron chi connectivity index (χ0n) is 5.44. The van der Waals surface area contributed by atoms with Crippen LogP contribution in [0.2, 0.25) is 0 Å². The number of fused-ring (bicyclic) bond motifs is 1. The molecule has 1 N–H and O–H groups in total. The van der Waals surface area contributed by atoms with Crippen molar-refractivity contribution in [2.45, 2.75) is 0 Å². The number of H-pyrrole nitrogens is 1. The van der Waals surface area contributed by atoms with Gasteiger partial charge in [-0.25, -0.2) is 4.98 Å². The molecule has 2 rings (SSSR count). The first kappa shape index (κ1) is 7.31. The van der Waals surface area contributed by atoms with Crippen LogP contribution in [0.3, 0.4) is 0 Å². The summed E-state index contributed by atoms with van der Waals surface area (Å²) in [6.45, 7) is 0. The predicted octanol–water partition coefficient (Wildman–Crippen LogP) is 3.09. The molecule has 0 aromatic carbocycles. The van der Waals surface area contributed by atoms with Crippen LogP contribution in [-0.4, -0.2) is 9.97 Å². The Morgan fingerprint density at radius 3 is 3.00 bits per heavy atom. The Morgan fingerprint density at radius 1 is 1.36 bits per heavy atom. The summed E-state index contributed by atoms with van der Waals surface area (Å²) in [5.74, 6) is 0. The van der Waals surface area contributed by atoms with Gasteiger partial charge in [0, 0.05) is 22.3 Å². The highest BCUT2D eigenvalue weighted by molar-refractivity contribution is 9.13. The van der Waals surface area contributed by atoms with Gasteiger partial charge in [0.15, 0.2) is 0 Å². The molecule has 11 heavy (non-hydrogen) atoms. The summed E-state index contributed by atoms with van der Waals surface area (Å²) in [4.78, 5) is 7.19. The highest BCUT2D eigenvalue weighted by atomic mass is 79.9. The maximum Gasteiger partial charge on any atom is 0.138 e. The van der Waals surface area contributed by atoms with E-state index in [0.29, 0.717) is 0 Å². The SMILES string of the molecule is Brc1cnc2[nH]ccc2c1Br. The second-order valence-corrected chi connectivity index (χ2v) is 3.81. The minimum Gasteiger partial charge on any atom is -0.346 e. The zero-order valence-corrected chi connectivity index (χ0v) is 8.61. The Balaban J connectivity index is 2.93. The van der Waals surface area contributed by atoms with E-state index in [1.54, 1.807) is 6.20 Å². The first-order chi connectivity index (χ1) is 5.29. The molecule has 0 unspecified atom stereocenters. The molecular weight excluding hydrogens is 272 g/mol. The summed E-state index contributed by atoms with van der Waals surface area (Å²) in [6.07, 6.45) is 3.64. The Hall–Kier alpha value is -0.350. The number of hydrogen-bond acceptors (Lipinski definition) is 1. The van der Waals surface area contributed by atoms with Gasteiger partial charge in [-0.3, -0.25) is 0 Å². The standard InChI is InChI=1S/C7H4Br2N2/c8-5-3-11-7-4(6(5)9)1-2-10-7/h1-3H,(H,10,11). The van der Waals surface area contributed by atoms with Crippen molar-refractivity contribution in [3.63, 3.8) is 0 Å². The van der Waals surface area contributed by atoms with Crippen molar-refractivity contribution in [3.05, 3.63) is 27.4 Å². The second kappa shape index (κ2) is 2.60. The van der Waals surface area contributed by atoms with Crippen molar-refractivity contribution < 1.29 is 0 Å². The molecule has 0 aliphatic heterocycles. The van der Waals surface area contributed by atoms with Gasteiger partial charge in [-0.15, -0.1) is 0 Å². The molecule has 0 saturated heterocycles. The van der Waals surface area contributed by atoms with E-state index in [0.717, 1.165) is 20.0 Å². The minimum atomic E-state index is 0.903. The summed E-state index contributed by atoms with van der Waals surface area (Å²) < 4.78 is 2.02. The minimum absolute atomic E-state index is 0.903. The van der Waals surface area contributed by atoms with Crippen LogP contribution < -0.4 is 0 Å². The number of pyridine rings is 1. The third-order valence-corrected chi connectivity index (χ3v) is 3.47. The lowest BCUT2D eigenvalue weighted by molar-refractivity contribution is 1.31. The number of hydrogen-bond donors (Lipinski definition) is 1. The quantitative estimate of drug-likeness (QED) is 0.786. The Bertz CT molecular complexity index is 394. The molecule has 0 spiro atoms. The van der Waals surface area contributed by atoms with Gasteiger partial charge in [0.2, 0.25) is 0 Å². The molecule has 4 heteroatoms. The van der Waals surface area contributed by atoms with Crippen LogP contribution in [0.5, 0.6) is 0 Å². The maximum atomic E-state index is 4.17. The number of aromatic amines is 1. The van der Waals surface area contributed by atoms with E-state index in [1.807, 2.05) is 12.3 Å². The molecule has 2 nitrogen and oxygen atoms in total. The monoisotopic (exact) mass is 274 g/mol. The summed E-state index contributed by atoms with van der Waals surface area (Å²) >= 11 is 6.83. The van der Waals surface area contributed by atoms with Gasteiger partial charge >= 0.3 is 0 Å². The van der Waals surface area contributed by atoms with Gasteiger partial charge < -0.3 is 4.98 Å². The van der Waals surface area contributed by atoms with Gasteiger partial charge in [-0.2, -0.15) is 0 Å². The van der Waals surface area contributed by atoms with E-state index in [2.05, 4.69) is 41.8 Å². The number of rotatable bonds is 0. The average Bonchev–Trinajstić information content (AvgIpc) is 2.45. The molecule has 0 atom stereocenters. The largest absolute Gasteiger partial charge is 0.346 e. The van der Waals surface area contributed by atoms with Crippen LogP contribution in [0.4, 0.5) is 0 Å². The topological polar surface area (TPSA) is 28.7 Å². The van der Waals surface area contributed by atoms with Crippen LogP contribution in [-0.2, 0) is 0 Å². The summed E-state index contributed by atoms with van der Waals surface area (Å²) in [6, 6.07) is 1.98. The molecule has 2 heterocycles. The van der Waals surface area contributed by atoms with Crippen molar-refractivity contribution in [1.29, 1.82) is 0 Å². The number of aromatic nitrogens is 2. The molecule has 0 saturated carbocycles. The maximum absolute atomic E-state index is 4.17. The van der Waals surface area contributed by atoms with Gasteiger partial charge in [-0.05, 0) is 37.9 Å². The second-order valence-electron chi connectivity index (χ2n) is 2.16. The number of nitrogens with zero attached hydrogens (tertiary/aromatic N) is 1. The average molecular weight is 276 g/mol. The third kappa shape index (κ3) is 1.10. The van der Waals surface area contributed by atoms with Crippen LogP contribution in [0.25, 0.3) is 11.0 Å². The van der Waals surface area contributed by atoms with Gasteiger partial charge in [0.1, 0.15) is 5.65 Å². The molecule has 0 fully saturated rings. The zero-order chi connectivity index (χ0) is 7.84. The third-order valence-electron chi connectivity index (χ3n) is 1.48. The van der Waals surface area contributed by atoms with Crippen molar-refractivity contribution >= 4 is 42.9 Å². The first-order valence-electron chi connectivity index (χ1n) is 3.06. The van der Waals surface area contributed by atoms with E-state index in [1.165, 1.54) is 0 Å². The smallest absolute Gasteiger partial charge is 0.138 e. The molecule has 0 amide bonds. The molecule has 0 aliphatic carbocycles. The van der Waals surface area contributed by atoms with Gasteiger partial charge in [-0.1, -0.05) is 0 Å². The van der Waals surface area contributed by atoms with Crippen molar-refractivity contribution in [2.24, 2.45) is 0 Å². The Labute approximate surface area is 80.3 Å². The van der Waals surface area contributed by atoms with Crippen LogP contribution in [0, 0.1) is 0 Å². The van der Waals surface area contributed by atoms with E-state index >= 15 is 0 Å². The van der Waals surface area contributed by atoms with Crippen LogP contribution in [0.15, 0.2) is 27.4 Å². The molecular formula is C7H4Br2N2. The van der Waals surface area contributed by atoms with E-state index < -0.39 is 0 Å². The summed E-state index contributed by atoms with van der Waals surface area (Å²) in [7, 11) is 0. The van der Waals surface area contributed by atoms with Crippen molar-refractivity contribution in [2.75, 3.05) is 0 Å². The lowest BCUT2D eigenvalue weighted by atomic mass is 10.3. The van der Waals surface area contributed by atoms with Gasteiger partial charge in [0.25, 0.3) is 0 Å². The van der Waals surface area contributed by atoms with Crippen LogP contribution >= 0.6 is 31.9 Å². The van der Waals surface area contributed by atoms with Crippen molar-refractivity contribution in [1.82, 2.24) is 9.97 Å². The fourth-order valence-corrected chi connectivity index (χ4v) is 1.69. The molecule has 0 radical (unpaired) electrons. The highest BCUT2D eigenvalue weighted by Gasteiger charge is 2.03. The van der Waals surface area contributed by atoms with Crippen molar-refractivity contribution in [3.8, 4) is 0 Å². The molecule has 2 aromatic rings. The first-order valence-corrected chi connectivity index (χ1v) is 4.65. The molecule has 56 valence electrons. The molecule has 0 aliphatic rings. The molecule has 0 bridgehead atoms. The van der Waals surface area contributed by atoms with E-state index in [-0.39, 0.29) is 0 Å². The fourth-order valence-electron chi connectivity index (χ4n) is 0.951. The van der Waals surface area contributed by atoms with Gasteiger partial charge in [0.05, 0.1) is 4.47 Å². The summed E-state index contributed by atoms with van der Waals surface area (Å²) in [5.41, 5.74) is 0.903. The lowest BCUT2D eigenvalue weighted by Crippen LogP contribution is -1.77. The van der Waals surface area contributed by atoms with E-state index in [4.69, 9.17) is 0 Å².